The highest BCUT2D eigenvalue weighted by Crippen LogP contribution is 2.42. The topological polar surface area (TPSA) is 123 Å². The molecule has 12 nitrogen and oxygen atoms in total. The minimum absolute atomic E-state index is 0.251. The second-order valence-corrected chi connectivity index (χ2v) is 16.0. The SMILES string of the molecule is Cc1nc(/C=C/c2nc3n(n2)CCC[C@@H]3c2ccccc2C(F)(F)F)ccc1-n1ccnc1.Cc1nc(/C=C/c2nc3n(n2)CCC[C@H]3c2ccccc2C(F)(F)F)ccc1-n1ccnc1. The van der Waals surface area contributed by atoms with Crippen LogP contribution in [-0.4, -0.2) is 58.6 Å². The van der Waals surface area contributed by atoms with Crippen LogP contribution in [0.25, 0.3) is 35.7 Å². The summed E-state index contributed by atoms with van der Waals surface area (Å²) in [5.41, 5.74) is 4.32. The largest absolute Gasteiger partial charge is 0.416 e. The molecule has 66 heavy (non-hydrogen) atoms. The van der Waals surface area contributed by atoms with E-state index < -0.39 is 35.3 Å². The van der Waals surface area contributed by atoms with Gasteiger partial charge in [0.25, 0.3) is 0 Å². The van der Waals surface area contributed by atoms with Crippen LogP contribution in [0.1, 0.15) is 106 Å². The lowest BCUT2D eigenvalue weighted by molar-refractivity contribution is -0.139. The van der Waals surface area contributed by atoms with Crippen LogP contribution >= 0.6 is 0 Å². The van der Waals surface area contributed by atoms with E-state index in [0.29, 0.717) is 49.2 Å². The molecule has 8 aromatic rings. The molecular formula is C48H42F6N12. The van der Waals surface area contributed by atoms with Crippen LogP contribution in [0.3, 0.4) is 0 Å². The average molecular weight is 901 g/mol. The molecule has 0 saturated heterocycles. The van der Waals surface area contributed by atoms with Gasteiger partial charge in [0.15, 0.2) is 11.6 Å². The first-order valence-electron chi connectivity index (χ1n) is 21.3. The van der Waals surface area contributed by atoms with Crippen molar-refractivity contribution in [3.63, 3.8) is 0 Å². The van der Waals surface area contributed by atoms with Gasteiger partial charge in [-0.15, -0.1) is 0 Å². The summed E-state index contributed by atoms with van der Waals surface area (Å²) in [4.78, 5) is 26.5. The number of imidazole rings is 2. The second kappa shape index (κ2) is 18.2. The number of aromatic nitrogens is 12. The molecule has 0 aliphatic carbocycles. The summed E-state index contributed by atoms with van der Waals surface area (Å²) < 4.78 is 88.7. The van der Waals surface area contributed by atoms with Crippen LogP contribution in [-0.2, 0) is 25.4 Å². The van der Waals surface area contributed by atoms with Crippen LogP contribution in [0, 0.1) is 13.8 Å². The zero-order valence-electron chi connectivity index (χ0n) is 35.7. The van der Waals surface area contributed by atoms with Gasteiger partial charge in [0.05, 0.1) is 57.9 Å². The maximum Gasteiger partial charge on any atom is 0.416 e. The molecule has 0 amide bonds. The lowest BCUT2D eigenvalue weighted by Gasteiger charge is -2.25. The van der Waals surface area contributed by atoms with E-state index in [4.69, 9.17) is 0 Å². The maximum atomic E-state index is 13.6. The number of fused-ring (bicyclic) bond motifs is 2. The molecule has 10 rings (SSSR count). The van der Waals surface area contributed by atoms with Gasteiger partial charge < -0.3 is 9.13 Å². The zero-order valence-corrected chi connectivity index (χ0v) is 35.7. The molecule has 0 bridgehead atoms. The molecule has 2 aromatic carbocycles. The van der Waals surface area contributed by atoms with Gasteiger partial charge >= 0.3 is 12.4 Å². The number of halogens is 6. The van der Waals surface area contributed by atoms with Crippen molar-refractivity contribution in [2.75, 3.05) is 0 Å². The molecule has 0 unspecified atom stereocenters. The van der Waals surface area contributed by atoms with Crippen molar-refractivity contribution in [1.82, 2.24) is 58.6 Å². The van der Waals surface area contributed by atoms with Crippen LogP contribution in [0.5, 0.6) is 0 Å². The fraction of sp³-hybridized carbons (Fsp3) is 0.250. The monoisotopic (exact) mass is 900 g/mol. The van der Waals surface area contributed by atoms with Gasteiger partial charge in [-0.3, -0.25) is 9.97 Å². The number of nitrogens with zero attached hydrogens (tertiary/aromatic N) is 12. The first-order valence-corrected chi connectivity index (χ1v) is 21.3. The van der Waals surface area contributed by atoms with Crippen molar-refractivity contribution in [3.8, 4) is 11.4 Å². The molecule has 336 valence electrons. The van der Waals surface area contributed by atoms with E-state index in [1.54, 1.807) is 70.8 Å². The molecule has 2 atom stereocenters. The van der Waals surface area contributed by atoms with E-state index in [1.165, 1.54) is 12.1 Å². The van der Waals surface area contributed by atoms with Gasteiger partial charge in [0.2, 0.25) is 0 Å². The van der Waals surface area contributed by atoms with Gasteiger partial charge in [0, 0.05) is 49.7 Å². The highest BCUT2D eigenvalue weighted by molar-refractivity contribution is 5.66. The van der Waals surface area contributed by atoms with Crippen molar-refractivity contribution < 1.29 is 26.3 Å². The fourth-order valence-corrected chi connectivity index (χ4v) is 8.59. The van der Waals surface area contributed by atoms with Gasteiger partial charge in [-0.25, -0.2) is 29.3 Å². The van der Waals surface area contributed by atoms with E-state index in [-0.39, 0.29) is 11.1 Å². The Labute approximate surface area is 375 Å². The minimum Gasteiger partial charge on any atom is -0.304 e. The van der Waals surface area contributed by atoms with Crippen LogP contribution < -0.4 is 0 Å². The van der Waals surface area contributed by atoms with E-state index in [0.717, 1.165) is 59.1 Å². The third-order valence-corrected chi connectivity index (χ3v) is 11.6. The van der Waals surface area contributed by atoms with Gasteiger partial charge in [-0.05, 0) is 111 Å². The second-order valence-electron chi connectivity index (χ2n) is 16.0. The van der Waals surface area contributed by atoms with Gasteiger partial charge in [-0.1, -0.05) is 36.4 Å². The third kappa shape index (κ3) is 9.34. The molecule has 2 aliphatic heterocycles. The van der Waals surface area contributed by atoms with Crippen molar-refractivity contribution in [2.24, 2.45) is 0 Å². The lowest BCUT2D eigenvalue weighted by atomic mass is 9.88. The zero-order chi connectivity index (χ0) is 46.0. The Bertz CT molecular complexity index is 2810. The summed E-state index contributed by atoms with van der Waals surface area (Å²) in [6.45, 7) is 5.11. The Balaban J connectivity index is 0.000000166. The average Bonchev–Trinajstić information content (AvgIpc) is 4.15. The molecule has 0 saturated carbocycles. The highest BCUT2D eigenvalue weighted by atomic mass is 19.4. The number of pyridine rings is 2. The molecule has 2 aliphatic rings. The Kier molecular flexibility index (Phi) is 12.0. The number of hydrogen-bond donors (Lipinski definition) is 0. The van der Waals surface area contributed by atoms with Crippen LogP contribution in [0.4, 0.5) is 26.3 Å². The summed E-state index contributed by atoms with van der Waals surface area (Å²) in [6, 6.07) is 19.2. The third-order valence-electron chi connectivity index (χ3n) is 11.6. The lowest BCUT2D eigenvalue weighted by Crippen LogP contribution is -2.21. The van der Waals surface area contributed by atoms with Crippen molar-refractivity contribution in [1.29, 1.82) is 0 Å². The summed E-state index contributed by atoms with van der Waals surface area (Å²) in [5.74, 6) is 1.16. The van der Waals surface area contributed by atoms with Gasteiger partial charge in [0.1, 0.15) is 11.6 Å². The minimum atomic E-state index is -4.41. The number of alkyl halides is 6. The summed E-state index contributed by atoms with van der Waals surface area (Å²) in [7, 11) is 0. The van der Waals surface area contributed by atoms with Crippen LogP contribution in [0.15, 0.2) is 110 Å². The Morgan fingerprint density at radius 1 is 0.530 bits per heavy atom. The fourth-order valence-electron chi connectivity index (χ4n) is 8.59. The smallest absolute Gasteiger partial charge is 0.304 e. The summed E-state index contributed by atoms with van der Waals surface area (Å²) >= 11 is 0. The first-order chi connectivity index (χ1) is 31.8. The van der Waals surface area contributed by atoms with E-state index in [2.05, 4.69) is 40.1 Å². The molecular weight excluding hydrogens is 859 g/mol. The van der Waals surface area contributed by atoms with Gasteiger partial charge in [-0.2, -0.15) is 36.5 Å². The summed E-state index contributed by atoms with van der Waals surface area (Å²) in [5, 5.41) is 9.02. The molecule has 6 aromatic heterocycles. The van der Waals surface area contributed by atoms with E-state index in [9.17, 15) is 26.3 Å². The summed E-state index contributed by atoms with van der Waals surface area (Å²) in [6.07, 6.45) is 11.5. The Morgan fingerprint density at radius 2 is 0.955 bits per heavy atom. The van der Waals surface area contributed by atoms with Crippen molar-refractivity contribution >= 4 is 24.3 Å². The Hall–Kier alpha value is -7.50. The highest BCUT2D eigenvalue weighted by Gasteiger charge is 2.38. The molecule has 0 fully saturated rings. The van der Waals surface area contributed by atoms with E-state index >= 15 is 0 Å². The van der Waals surface area contributed by atoms with Crippen molar-refractivity contribution in [3.05, 3.63) is 179 Å². The number of hydrogen-bond acceptors (Lipinski definition) is 8. The normalized spacial score (nSPS) is 16.3. The Morgan fingerprint density at radius 3 is 1.33 bits per heavy atom. The quantitative estimate of drug-likeness (QED) is 0.138. The first kappa shape index (κ1) is 43.7. The molecule has 0 spiro atoms. The standard InChI is InChI=1S/2C24H21F3N6/c2*1-16-21(32-14-12-28-15-32)10-8-17(29-16)9-11-22-30-23-19(6-4-13-33(23)31-22)18-5-2-3-7-20(18)24(25,26)27/h2*2-3,5,7-12,14-15,19H,4,6,13H2,1H3/b2*11-9+/t2*19-/m10/s1. The van der Waals surface area contributed by atoms with Crippen LogP contribution in [0.2, 0.25) is 0 Å². The molecule has 0 radical (unpaired) electrons. The van der Waals surface area contributed by atoms with Crippen molar-refractivity contribution in [2.45, 2.75) is 76.8 Å². The predicted octanol–water partition coefficient (Wildman–Crippen LogP) is 10.6. The number of benzene rings is 2. The molecule has 18 heteroatoms. The number of rotatable bonds is 8. The van der Waals surface area contributed by atoms with E-state index in [1.807, 2.05) is 71.8 Å². The maximum absolute atomic E-state index is 13.6. The molecule has 0 N–H and O–H groups in total. The predicted molar refractivity (Wildman–Crippen MR) is 235 cm³/mol. The number of aryl methyl sites for hydroxylation is 4. The molecule has 8 heterocycles.